The first-order valence-electron chi connectivity index (χ1n) is 8.16. The Morgan fingerprint density at radius 2 is 2.09 bits per heavy atom. The number of hydrogen-bond donors (Lipinski definition) is 0. The minimum Gasteiger partial charge on any atom is -0.377 e. The van der Waals surface area contributed by atoms with Gasteiger partial charge in [-0.15, -0.1) is 0 Å². The summed E-state index contributed by atoms with van der Waals surface area (Å²) in [5.74, 6) is -0.178. The Kier molecular flexibility index (Phi) is 3.70. The van der Waals surface area contributed by atoms with Crippen LogP contribution in [-0.4, -0.2) is 40.3 Å². The molecule has 0 N–H and O–H groups in total. The van der Waals surface area contributed by atoms with Gasteiger partial charge in [0.15, 0.2) is 0 Å². The zero-order chi connectivity index (χ0) is 15.9. The molecule has 3 heterocycles. The highest BCUT2D eigenvalue weighted by atomic mass is 19.1. The predicted octanol–water partition coefficient (Wildman–Crippen LogP) is 2.39. The van der Waals surface area contributed by atoms with E-state index in [1.807, 2.05) is 31.7 Å². The van der Waals surface area contributed by atoms with E-state index >= 15 is 0 Å². The van der Waals surface area contributed by atoms with Crippen molar-refractivity contribution in [3.05, 3.63) is 53.9 Å². The van der Waals surface area contributed by atoms with Crippen molar-refractivity contribution in [2.75, 3.05) is 19.7 Å². The van der Waals surface area contributed by atoms with Crippen LogP contribution >= 0.6 is 0 Å². The summed E-state index contributed by atoms with van der Waals surface area (Å²) in [6.07, 6.45) is 6.03. The largest absolute Gasteiger partial charge is 0.377 e. The van der Waals surface area contributed by atoms with Crippen molar-refractivity contribution < 1.29 is 9.13 Å². The minimum atomic E-state index is -0.178. The van der Waals surface area contributed by atoms with Gasteiger partial charge in [-0.3, -0.25) is 4.90 Å². The summed E-state index contributed by atoms with van der Waals surface area (Å²) >= 11 is 0. The van der Waals surface area contributed by atoms with E-state index in [0.717, 1.165) is 44.6 Å². The lowest BCUT2D eigenvalue weighted by molar-refractivity contribution is -0.0152. The number of likely N-dealkylation sites (tertiary alicyclic amines) is 1. The molecule has 1 aromatic carbocycles. The fourth-order valence-corrected chi connectivity index (χ4v) is 3.91. The number of aromatic nitrogens is 2. The SMILES string of the molecule is Cn1cncc1CN1CC2(CO[C@@H](Cc3ccc(F)cc3)C2)C1. The molecule has 1 atom stereocenters. The molecular formula is C18H22FN3O. The molecule has 122 valence electrons. The zero-order valence-corrected chi connectivity index (χ0v) is 13.4. The quantitative estimate of drug-likeness (QED) is 0.868. The van der Waals surface area contributed by atoms with E-state index in [0.29, 0.717) is 5.41 Å². The number of benzene rings is 1. The first-order chi connectivity index (χ1) is 11.1. The van der Waals surface area contributed by atoms with Crippen LogP contribution in [0.4, 0.5) is 4.39 Å². The molecule has 0 saturated carbocycles. The van der Waals surface area contributed by atoms with Crippen LogP contribution in [0.1, 0.15) is 17.7 Å². The van der Waals surface area contributed by atoms with E-state index in [9.17, 15) is 4.39 Å². The van der Waals surface area contributed by atoms with E-state index in [2.05, 4.69) is 14.5 Å². The van der Waals surface area contributed by atoms with E-state index < -0.39 is 0 Å². The Morgan fingerprint density at radius 3 is 2.78 bits per heavy atom. The highest BCUT2D eigenvalue weighted by Gasteiger charge is 2.48. The second-order valence-corrected chi connectivity index (χ2v) is 7.11. The summed E-state index contributed by atoms with van der Waals surface area (Å²) in [4.78, 5) is 6.63. The third-order valence-electron chi connectivity index (χ3n) is 5.08. The predicted molar refractivity (Wildman–Crippen MR) is 85.4 cm³/mol. The summed E-state index contributed by atoms with van der Waals surface area (Å²) in [5.41, 5.74) is 2.73. The van der Waals surface area contributed by atoms with Crippen LogP contribution in [0, 0.1) is 11.2 Å². The number of rotatable bonds is 4. The molecule has 5 heteroatoms. The zero-order valence-electron chi connectivity index (χ0n) is 13.4. The average Bonchev–Trinajstić information content (AvgIpc) is 3.09. The van der Waals surface area contributed by atoms with Gasteiger partial charge >= 0.3 is 0 Å². The standard InChI is InChI=1S/C18H22FN3O/c1-21-13-20-8-16(21)9-22-10-18(11-22)7-17(23-12-18)6-14-2-4-15(19)5-3-14/h2-5,8,13,17H,6-7,9-12H2,1H3/t17-/m0/s1. The van der Waals surface area contributed by atoms with Gasteiger partial charge in [0.1, 0.15) is 5.82 Å². The van der Waals surface area contributed by atoms with Gasteiger partial charge in [0.05, 0.1) is 24.7 Å². The van der Waals surface area contributed by atoms with Crippen molar-refractivity contribution in [2.24, 2.45) is 12.5 Å². The van der Waals surface area contributed by atoms with Gasteiger partial charge in [-0.05, 0) is 30.5 Å². The molecule has 0 aliphatic carbocycles. The maximum absolute atomic E-state index is 13.0. The molecule has 0 amide bonds. The molecule has 2 aliphatic heterocycles. The number of halogens is 1. The van der Waals surface area contributed by atoms with Crippen LogP contribution in [0.2, 0.25) is 0 Å². The van der Waals surface area contributed by atoms with Gasteiger partial charge < -0.3 is 9.30 Å². The van der Waals surface area contributed by atoms with Crippen molar-refractivity contribution in [1.82, 2.24) is 14.5 Å². The number of ether oxygens (including phenoxy) is 1. The van der Waals surface area contributed by atoms with Crippen molar-refractivity contribution in [3.63, 3.8) is 0 Å². The monoisotopic (exact) mass is 315 g/mol. The van der Waals surface area contributed by atoms with E-state index in [-0.39, 0.29) is 11.9 Å². The lowest BCUT2D eigenvalue weighted by Gasteiger charge is -2.47. The van der Waals surface area contributed by atoms with E-state index in [1.54, 1.807) is 0 Å². The Hall–Kier alpha value is -1.72. The Morgan fingerprint density at radius 1 is 1.30 bits per heavy atom. The Balaban J connectivity index is 1.29. The Labute approximate surface area is 135 Å². The lowest BCUT2D eigenvalue weighted by Crippen LogP contribution is -2.56. The molecule has 4 rings (SSSR count). The number of nitrogens with zero attached hydrogens (tertiary/aromatic N) is 3. The molecular weight excluding hydrogens is 293 g/mol. The first kappa shape index (κ1) is 14.8. The van der Waals surface area contributed by atoms with Crippen LogP contribution < -0.4 is 0 Å². The first-order valence-corrected chi connectivity index (χ1v) is 8.16. The average molecular weight is 315 g/mol. The summed E-state index contributed by atoms with van der Waals surface area (Å²) in [7, 11) is 2.04. The highest BCUT2D eigenvalue weighted by Crippen LogP contribution is 2.42. The van der Waals surface area contributed by atoms with Crippen molar-refractivity contribution in [1.29, 1.82) is 0 Å². The van der Waals surface area contributed by atoms with Crippen LogP contribution in [0.3, 0.4) is 0 Å². The second kappa shape index (κ2) is 5.73. The summed E-state index contributed by atoms with van der Waals surface area (Å²) in [6, 6.07) is 6.77. The normalized spacial score (nSPS) is 23.3. The maximum atomic E-state index is 13.0. The lowest BCUT2D eigenvalue weighted by atomic mass is 9.77. The number of imidazole rings is 1. The summed E-state index contributed by atoms with van der Waals surface area (Å²) in [6.45, 7) is 4.00. The molecule has 2 fully saturated rings. The topological polar surface area (TPSA) is 30.3 Å². The third-order valence-corrected chi connectivity index (χ3v) is 5.08. The Bertz CT molecular complexity index is 676. The fraction of sp³-hybridized carbons (Fsp3) is 0.500. The van der Waals surface area contributed by atoms with Gasteiger partial charge in [0, 0.05) is 38.3 Å². The van der Waals surface area contributed by atoms with Gasteiger partial charge in [-0.25, -0.2) is 9.37 Å². The molecule has 2 saturated heterocycles. The molecule has 23 heavy (non-hydrogen) atoms. The van der Waals surface area contributed by atoms with Crippen molar-refractivity contribution in [2.45, 2.75) is 25.5 Å². The van der Waals surface area contributed by atoms with Gasteiger partial charge in [-0.2, -0.15) is 0 Å². The van der Waals surface area contributed by atoms with Gasteiger partial charge in [0.25, 0.3) is 0 Å². The van der Waals surface area contributed by atoms with Crippen LogP contribution in [0.25, 0.3) is 0 Å². The van der Waals surface area contributed by atoms with Crippen LogP contribution in [-0.2, 0) is 24.8 Å². The van der Waals surface area contributed by atoms with Crippen LogP contribution in [0.5, 0.6) is 0 Å². The number of hydrogen-bond acceptors (Lipinski definition) is 3. The van der Waals surface area contributed by atoms with Crippen molar-refractivity contribution in [3.8, 4) is 0 Å². The summed E-state index contributed by atoms with van der Waals surface area (Å²) < 4.78 is 21.1. The summed E-state index contributed by atoms with van der Waals surface area (Å²) in [5, 5.41) is 0. The smallest absolute Gasteiger partial charge is 0.123 e. The molecule has 0 bridgehead atoms. The highest BCUT2D eigenvalue weighted by molar-refractivity contribution is 5.17. The molecule has 4 nitrogen and oxygen atoms in total. The van der Waals surface area contributed by atoms with E-state index in [1.165, 1.54) is 17.8 Å². The second-order valence-electron chi connectivity index (χ2n) is 7.11. The molecule has 1 spiro atoms. The van der Waals surface area contributed by atoms with Gasteiger partial charge in [-0.1, -0.05) is 12.1 Å². The molecule has 0 unspecified atom stereocenters. The van der Waals surface area contributed by atoms with Crippen LogP contribution in [0.15, 0.2) is 36.8 Å². The molecule has 1 aromatic heterocycles. The third kappa shape index (κ3) is 3.03. The maximum Gasteiger partial charge on any atom is 0.123 e. The van der Waals surface area contributed by atoms with E-state index in [4.69, 9.17) is 4.74 Å². The molecule has 2 aliphatic rings. The molecule has 2 aromatic rings. The van der Waals surface area contributed by atoms with Gasteiger partial charge in [0.2, 0.25) is 0 Å². The molecule has 0 radical (unpaired) electrons. The fourth-order valence-electron chi connectivity index (χ4n) is 3.91. The van der Waals surface area contributed by atoms with Crippen molar-refractivity contribution >= 4 is 0 Å². The number of aryl methyl sites for hydroxylation is 1. The minimum absolute atomic E-state index is 0.178.